The smallest absolute Gasteiger partial charge is 0.170 e. The van der Waals surface area contributed by atoms with E-state index in [9.17, 15) is 0 Å². The molecule has 132 valence electrons. The van der Waals surface area contributed by atoms with Crippen molar-refractivity contribution >= 4 is 17.3 Å². The van der Waals surface area contributed by atoms with Crippen molar-refractivity contribution in [3.63, 3.8) is 0 Å². The maximum absolute atomic E-state index is 5.67. The summed E-state index contributed by atoms with van der Waals surface area (Å²) < 4.78 is 2.41. The quantitative estimate of drug-likeness (QED) is 0.826. The van der Waals surface area contributed by atoms with Crippen molar-refractivity contribution in [2.24, 2.45) is 0 Å². The molecule has 2 atom stereocenters. The van der Waals surface area contributed by atoms with Gasteiger partial charge in [-0.2, -0.15) is 0 Å². The summed E-state index contributed by atoms with van der Waals surface area (Å²) in [5.41, 5.74) is 2.37. The van der Waals surface area contributed by atoms with Crippen LogP contribution in [0.1, 0.15) is 68.9 Å². The van der Waals surface area contributed by atoms with Crippen LogP contribution in [0.3, 0.4) is 0 Å². The van der Waals surface area contributed by atoms with Crippen LogP contribution >= 0.6 is 12.2 Å². The monoisotopic (exact) mass is 354 g/mol. The highest BCUT2D eigenvalue weighted by atomic mass is 32.1. The van der Waals surface area contributed by atoms with Crippen molar-refractivity contribution in [3.8, 4) is 0 Å². The zero-order valence-electron chi connectivity index (χ0n) is 14.9. The van der Waals surface area contributed by atoms with Crippen molar-refractivity contribution < 1.29 is 0 Å². The van der Waals surface area contributed by atoms with Crippen LogP contribution in [-0.2, 0) is 0 Å². The van der Waals surface area contributed by atoms with E-state index in [4.69, 9.17) is 12.2 Å². The lowest BCUT2D eigenvalue weighted by atomic mass is 9.98. The molecule has 1 aliphatic carbocycles. The van der Waals surface area contributed by atoms with Crippen molar-refractivity contribution in [3.05, 3.63) is 54.1 Å². The highest BCUT2D eigenvalue weighted by Crippen LogP contribution is 2.40. The van der Waals surface area contributed by atoms with E-state index < -0.39 is 0 Å². The fourth-order valence-electron chi connectivity index (χ4n) is 4.31. The van der Waals surface area contributed by atoms with Gasteiger partial charge in [0.1, 0.15) is 0 Å². The number of pyridine rings is 1. The van der Waals surface area contributed by atoms with E-state index in [2.05, 4.69) is 58.1 Å². The normalized spacial score (nSPS) is 24.3. The molecule has 0 aromatic carbocycles. The number of thiocarbonyl (C=S) groups is 1. The third-order valence-corrected chi connectivity index (χ3v) is 5.85. The molecule has 3 heterocycles. The first kappa shape index (κ1) is 16.6. The van der Waals surface area contributed by atoms with Gasteiger partial charge in [0.05, 0.1) is 17.8 Å². The predicted molar refractivity (Wildman–Crippen MR) is 104 cm³/mol. The molecule has 2 aromatic rings. The van der Waals surface area contributed by atoms with Gasteiger partial charge in [0.25, 0.3) is 0 Å². The predicted octanol–water partition coefficient (Wildman–Crippen LogP) is 4.38. The minimum atomic E-state index is 0.0931. The molecule has 0 bridgehead atoms. The maximum atomic E-state index is 5.67. The maximum Gasteiger partial charge on any atom is 0.170 e. The van der Waals surface area contributed by atoms with E-state index >= 15 is 0 Å². The standard InChI is InChI=1S/C20H26N4S/c1-14(2)24-19(15-10-12-23(13-15)16-7-3-4-8-16)18(22-20(24)25)17-9-5-6-11-21-17/h5-6,9-14,16,18-19H,3-4,7-8H2,1-2H3,(H,22,25)/t18-,19+/m1/s1. The average Bonchev–Trinajstić information content (AvgIpc) is 3.34. The van der Waals surface area contributed by atoms with Gasteiger partial charge in [-0.25, -0.2) is 0 Å². The summed E-state index contributed by atoms with van der Waals surface area (Å²) in [7, 11) is 0. The molecule has 0 unspecified atom stereocenters. The molecule has 2 aliphatic rings. The molecule has 1 saturated carbocycles. The van der Waals surface area contributed by atoms with E-state index in [0.717, 1.165) is 10.8 Å². The van der Waals surface area contributed by atoms with Crippen LogP contribution in [0.5, 0.6) is 0 Å². The minimum Gasteiger partial charge on any atom is -0.352 e. The van der Waals surface area contributed by atoms with Gasteiger partial charge >= 0.3 is 0 Å². The number of rotatable bonds is 4. The molecule has 1 aliphatic heterocycles. The Balaban J connectivity index is 1.70. The van der Waals surface area contributed by atoms with E-state index in [-0.39, 0.29) is 12.1 Å². The zero-order valence-corrected chi connectivity index (χ0v) is 15.7. The van der Waals surface area contributed by atoms with E-state index in [1.54, 1.807) is 0 Å². The van der Waals surface area contributed by atoms with E-state index in [1.165, 1.54) is 31.2 Å². The van der Waals surface area contributed by atoms with Gasteiger partial charge in [-0.05, 0) is 62.7 Å². The second-order valence-electron chi connectivity index (χ2n) is 7.46. The van der Waals surface area contributed by atoms with Gasteiger partial charge in [0.2, 0.25) is 0 Å². The van der Waals surface area contributed by atoms with Crippen molar-refractivity contribution in [1.82, 2.24) is 19.8 Å². The Morgan fingerprint density at radius 3 is 2.68 bits per heavy atom. The second kappa shape index (κ2) is 6.79. The lowest BCUT2D eigenvalue weighted by molar-refractivity contribution is 0.269. The lowest BCUT2D eigenvalue weighted by Crippen LogP contribution is -2.35. The fourth-order valence-corrected chi connectivity index (χ4v) is 4.76. The molecular formula is C20H26N4S. The summed E-state index contributed by atoms with van der Waals surface area (Å²) in [6.07, 6.45) is 11.7. The third-order valence-electron chi connectivity index (χ3n) is 5.52. The second-order valence-corrected chi connectivity index (χ2v) is 7.84. The van der Waals surface area contributed by atoms with Crippen LogP contribution in [0.4, 0.5) is 0 Å². The first-order chi connectivity index (χ1) is 12.1. The number of hydrogen-bond donors (Lipinski definition) is 1. The average molecular weight is 355 g/mol. The topological polar surface area (TPSA) is 33.1 Å². The van der Waals surface area contributed by atoms with Crippen molar-refractivity contribution in [2.45, 2.75) is 63.7 Å². The zero-order chi connectivity index (χ0) is 17.4. The Morgan fingerprint density at radius 2 is 2.00 bits per heavy atom. The molecule has 4 nitrogen and oxygen atoms in total. The summed E-state index contributed by atoms with van der Waals surface area (Å²) in [5, 5.41) is 4.34. The Bertz CT molecular complexity index is 733. The first-order valence-corrected chi connectivity index (χ1v) is 9.73. The lowest BCUT2D eigenvalue weighted by Gasteiger charge is -2.30. The van der Waals surface area contributed by atoms with Crippen LogP contribution in [0.25, 0.3) is 0 Å². The highest BCUT2D eigenvalue weighted by Gasteiger charge is 2.41. The van der Waals surface area contributed by atoms with Crippen LogP contribution in [0.2, 0.25) is 0 Å². The minimum absolute atomic E-state index is 0.0931. The number of aromatic nitrogens is 2. The van der Waals surface area contributed by atoms with Crippen LogP contribution in [-0.4, -0.2) is 25.6 Å². The molecule has 0 radical (unpaired) electrons. The Labute approximate surface area is 155 Å². The Kier molecular flexibility index (Phi) is 4.50. The van der Waals surface area contributed by atoms with Gasteiger partial charge in [-0.15, -0.1) is 0 Å². The van der Waals surface area contributed by atoms with Crippen LogP contribution < -0.4 is 5.32 Å². The number of nitrogens with zero attached hydrogens (tertiary/aromatic N) is 3. The summed E-state index contributed by atoms with van der Waals surface area (Å²) in [4.78, 5) is 6.92. The van der Waals surface area contributed by atoms with Gasteiger partial charge in [0, 0.05) is 30.7 Å². The van der Waals surface area contributed by atoms with Gasteiger partial charge in [0.15, 0.2) is 5.11 Å². The molecule has 1 N–H and O–H groups in total. The molecule has 4 rings (SSSR count). The van der Waals surface area contributed by atoms with E-state index in [1.807, 2.05) is 18.3 Å². The van der Waals surface area contributed by atoms with Crippen LogP contribution in [0.15, 0.2) is 42.9 Å². The van der Waals surface area contributed by atoms with Gasteiger partial charge < -0.3 is 14.8 Å². The SMILES string of the molecule is CC(C)N1C(=S)N[C@H](c2ccccn2)[C@@H]1c1ccn(C2CCCC2)c1. The highest BCUT2D eigenvalue weighted by molar-refractivity contribution is 7.80. The first-order valence-electron chi connectivity index (χ1n) is 9.32. The van der Waals surface area contributed by atoms with E-state index in [0.29, 0.717) is 12.1 Å². The van der Waals surface area contributed by atoms with Crippen LogP contribution in [0, 0.1) is 0 Å². The Morgan fingerprint density at radius 1 is 1.20 bits per heavy atom. The molecule has 25 heavy (non-hydrogen) atoms. The number of nitrogens with one attached hydrogen (secondary N) is 1. The van der Waals surface area contributed by atoms with Gasteiger partial charge in [-0.1, -0.05) is 18.9 Å². The number of hydrogen-bond acceptors (Lipinski definition) is 2. The molecular weight excluding hydrogens is 328 g/mol. The third kappa shape index (κ3) is 3.06. The molecule has 5 heteroatoms. The van der Waals surface area contributed by atoms with Crippen molar-refractivity contribution in [2.75, 3.05) is 0 Å². The summed E-state index contributed by atoms with van der Waals surface area (Å²) in [6, 6.07) is 9.65. The summed E-state index contributed by atoms with van der Waals surface area (Å²) in [5.74, 6) is 0. The van der Waals surface area contributed by atoms with Crippen molar-refractivity contribution in [1.29, 1.82) is 0 Å². The molecule has 1 saturated heterocycles. The largest absolute Gasteiger partial charge is 0.352 e. The Hall–Kier alpha value is -1.88. The summed E-state index contributed by atoms with van der Waals surface area (Å²) in [6.45, 7) is 4.41. The molecule has 2 fully saturated rings. The molecule has 0 spiro atoms. The molecule has 2 aromatic heterocycles. The summed E-state index contributed by atoms with van der Waals surface area (Å²) >= 11 is 5.67. The van der Waals surface area contributed by atoms with Gasteiger partial charge in [-0.3, -0.25) is 4.98 Å². The molecule has 0 amide bonds. The fraction of sp³-hybridized carbons (Fsp3) is 0.500.